The average Bonchev–Trinajstić information content (AvgIpc) is 3.54. The molecular formula is C35H42F3N3O3S. The Kier molecular flexibility index (Phi) is 11.0. The van der Waals surface area contributed by atoms with Crippen LogP contribution in [0.4, 0.5) is 13.2 Å². The molecular weight excluding hydrogens is 599 g/mol. The Morgan fingerprint density at radius 2 is 1.69 bits per heavy atom. The van der Waals surface area contributed by atoms with Gasteiger partial charge in [0.05, 0.1) is 22.5 Å². The van der Waals surface area contributed by atoms with Gasteiger partial charge >= 0.3 is 6.18 Å². The van der Waals surface area contributed by atoms with Gasteiger partial charge in [-0.2, -0.15) is 13.2 Å². The Bertz CT molecular complexity index is 1540. The molecule has 1 fully saturated rings. The number of fused-ring (bicyclic) bond motifs is 1. The summed E-state index contributed by atoms with van der Waals surface area (Å²) in [6.07, 6.45) is 5.22. The van der Waals surface area contributed by atoms with Crippen molar-refractivity contribution in [3.8, 4) is 0 Å². The van der Waals surface area contributed by atoms with E-state index in [1.807, 2.05) is 0 Å². The second-order valence-corrected chi connectivity index (χ2v) is 14.0. The molecule has 0 spiro atoms. The van der Waals surface area contributed by atoms with Crippen LogP contribution in [0, 0.1) is 5.92 Å². The predicted octanol–water partition coefficient (Wildman–Crippen LogP) is 7.02. The molecule has 0 aromatic heterocycles. The number of benzene rings is 3. The van der Waals surface area contributed by atoms with Gasteiger partial charge in [0.1, 0.15) is 0 Å². The Morgan fingerprint density at radius 3 is 2.44 bits per heavy atom. The molecule has 6 nitrogen and oxygen atoms in total. The van der Waals surface area contributed by atoms with Crippen molar-refractivity contribution in [1.29, 1.82) is 0 Å². The Balaban J connectivity index is 1.22. The van der Waals surface area contributed by atoms with Crippen molar-refractivity contribution >= 4 is 15.9 Å². The van der Waals surface area contributed by atoms with Gasteiger partial charge in [0, 0.05) is 6.42 Å². The monoisotopic (exact) mass is 641 g/mol. The lowest BCUT2D eigenvalue weighted by atomic mass is 9.86. The molecule has 3 N–H and O–H groups in total. The van der Waals surface area contributed by atoms with Gasteiger partial charge in [-0.1, -0.05) is 67.4 Å². The maximum Gasteiger partial charge on any atom is 0.416 e. The average molecular weight is 642 g/mol. The molecule has 2 aliphatic carbocycles. The maximum absolute atomic E-state index is 13.4. The van der Waals surface area contributed by atoms with Crippen molar-refractivity contribution in [2.24, 2.45) is 5.92 Å². The van der Waals surface area contributed by atoms with Crippen LogP contribution in [-0.2, 0) is 33.8 Å². The van der Waals surface area contributed by atoms with Crippen molar-refractivity contribution in [1.82, 2.24) is 15.4 Å². The van der Waals surface area contributed by atoms with Gasteiger partial charge in [0.25, 0.3) is 0 Å². The lowest BCUT2D eigenvalue weighted by Crippen LogP contribution is -2.36. The van der Waals surface area contributed by atoms with Crippen LogP contribution in [0.15, 0.2) is 77.7 Å². The van der Waals surface area contributed by atoms with Crippen LogP contribution in [0.3, 0.4) is 0 Å². The van der Waals surface area contributed by atoms with E-state index in [-0.39, 0.29) is 18.4 Å². The van der Waals surface area contributed by atoms with Gasteiger partial charge in [-0.25, -0.2) is 13.1 Å². The predicted molar refractivity (Wildman–Crippen MR) is 169 cm³/mol. The van der Waals surface area contributed by atoms with E-state index >= 15 is 0 Å². The highest BCUT2D eigenvalue weighted by Gasteiger charge is 2.33. The first-order valence-corrected chi connectivity index (χ1v) is 17.4. The highest BCUT2D eigenvalue weighted by Crippen LogP contribution is 2.33. The summed E-state index contributed by atoms with van der Waals surface area (Å²) in [5, 5.41) is 6.72. The van der Waals surface area contributed by atoms with Gasteiger partial charge in [-0.15, -0.1) is 0 Å². The van der Waals surface area contributed by atoms with Crippen molar-refractivity contribution in [3.05, 3.63) is 101 Å². The smallest absolute Gasteiger partial charge is 0.349 e. The summed E-state index contributed by atoms with van der Waals surface area (Å²) in [6.45, 7) is 2.12. The number of hydrogen-bond acceptors (Lipinski definition) is 4. The molecule has 1 amide bonds. The van der Waals surface area contributed by atoms with Crippen molar-refractivity contribution in [2.75, 3.05) is 13.1 Å². The van der Waals surface area contributed by atoms with E-state index in [1.165, 1.54) is 36.8 Å². The first-order chi connectivity index (χ1) is 21.6. The molecule has 10 heteroatoms. The molecule has 45 heavy (non-hydrogen) atoms. The third-order valence-electron chi connectivity index (χ3n) is 8.94. The molecule has 0 saturated heterocycles. The van der Waals surface area contributed by atoms with Crippen LogP contribution in [0.5, 0.6) is 0 Å². The molecule has 2 aliphatic rings. The summed E-state index contributed by atoms with van der Waals surface area (Å²) in [5.74, 6) is 0.491. The van der Waals surface area contributed by atoms with Gasteiger partial charge < -0.3 is 10.6 Å². The summed E-state index contributed by atoms with van der Waals surface area (Å²) >= 11 is 0. The number of aryl methyl sites for hydroxylation is 2. The summed E-state index contributed by atoms with van der Waals surface area (Å²) in [7, 11) is -4.37. The second-order valence-electron chi connectivity index (χ2n) is 12.3. The minimum atomic E-state index is -4.69. The van der Waals surface area contributed by atoms with E-state index in [0.29, 0.717) is 11.6 Å². The normalized spacial score (nSPS) is 18.0. The fraction of sp³-hybridized carbons (Fsp3) is 0.457. The molecule has 242 valence electrons. The van der Waals surface area contributed by atoms with Gasteiger partial charge in [-0.05, 0) is 104 Å². The minimum Gasteiger partial charge on any atom is -0.349 e. The number of carbonyl (C=O) groups is 1. The van der Waals surface area contributed by atoms with Crippen LogP contribution in [-0.4, -0.2) is 27.4 Å². The summed E-state index contributed by atoms with van der Waals surface area (Å²) < 4.78 is 68.7. The lowest BCUT2D eigenvalue weighted by Gasteiger charge is -2.28. The molecule has 0 aliphatic heterocycles. The number of nitrogens with one attached hydrogen (secondary N) is 3. The summed E-state index contributed by atoms with van der Waals surface area (Å²) in [4.78, 5) is 12.9. The quantitative estimate of drug-likeness (QED) is 0.175. The van der Waals surface area contributed by atoms with Crippen LogP contribution < -0.4 is 15.4 Å². The third-order valence-corrected chi connectivity index (χ3v) is 10.4. The Morgan fingerprint density at radius 1 is 0.911 bits per heavy atom. The van der Waals surface area contributed by atoms with E-state index in [0.717, 1.165) is 74.9 Å². The number of sulfonamides is 1. The topological polar surface area (TPSA) is 87.3 Å². The zero-order valence-corrected chi connectivity index (χ0v) is 26.2. The molecule has 2 atom stereocenters. The first-order valence-electron chi connectivity index (χ1n) is 15.9. The highest BCUT2D eigenvalue weighted by atomic mass is 32.2. The second kappa shape index (κ2) is 14.9. The van der Waals surface area contributed by atoms with Crippen LogP contribution >= 0.6 is 0 Å². The van der Waals surface area contributed by atoms with Crippen LogP contribution in [0.25, 0.3) is 0 Å². The molecule has 0 heterocycles. The SMILES string of the molecule is O=C(C[C@@H](NS(=O)(=O)c1cccc(C(F)(F)F)c1)c1ccccc1)N[C@@H]1CCCc2cc(CCCNCC3CCCC3)ccc21. The largest absolute Gasteiger partial charge is 0.416 e. The molecule has 3 aromatic carbocycles. The van der Waals surface area contributed by atoms with E-state index in [4.69, 9.17) is 0 Å². The number of alkyl halides is 3. The molecule has 0 radical (unpaired) electrons. The molecule has 5 rings (SSSR count). The lowest BCUT2D eigenvalue weighted by molar-refractivity contribution is -0.137. The highest BCUT2D eigenvalue weighted by molar-refractivity contribution is 7.89. The zero-order chi connectivity index (χ0) is 31.9. The number of hydrogen-bond donors (Lipinski definition) is 3. The van der Waals surface area contributed by atoms with Crippen molar-refractivity contribution in [3.63, 3.8) is 0 Å². The van der Waals surface area contributed by atoms with Gasteiger partial charge in [0.2, 0.25) is 15.9 Å². The van der Waals surface area contributed by atoms with Crippen molar-refractivity contribution in [2.45, 2.75) is 87.4 Å². The summed E-state index contributed by atoms with van der Waals surface area (Å²) in [6, 6.07) is 17.5. The number of rotatable bonds is 13. The summed E-state index contributed by atoms with van der Waals surface area (Å²) in [5.41, 5.74) is 3.08. The fourth-order valence-electron chi connectivity index (χ4n) is 6.56. The van der Waals surface area contributed by atoms with E-state index in [1.54, 1.807) is 30.3 Å². The van der Waals surface area contributed by atoms with Crippen LogP contribution in [0.1, 0.15) is 91.3 Å². The molecule has 1 saturated carbocycles. The Hall–Kier alpha value is -3.21. The van der Waals surface area contributed by atoms with Gasteiger partial charge in [-0.3, -0.25) is 4.79 Å². The van der Waals surface area contributed by atoms with Gasteiger partial charge in [0.15, 0.2) is 0 Å². The standard InChI is InChI=1S/C35H42F3N3O3S/c36-35(37,38)29-15-7-16-30(22-29)45(43,44)41-33(27-12-2-1-3-13-27)23-34(42)40-32-17-6-14-28-21-25(18-19-31(28)32)11-8-20-39-24-26-9-4-5-10-26/h1-3,7,12-13,15-16,18-19,21-22,26,32-33,39,41H,4-6,8-11,14,17,20,23-24H2,(H,40,42)/t32-,33-/m1/s1. The maximum atomic E-state index is 13.4. The Labute approximate surface area is 264 Å². The number of amides is 1. The fourth-order valence-corrected chi connectivity index (χ4v) is 7.83. The number of carbonyl (C=O) groups excluding carboxylic acids is 1. The molecule has 0 unspecified atom stereocenters. The minimum absolute atomic E-state index is 0.195. The first kappa shape index (κ1) is 33.2. The van der Waals surface area contributed by atoms with E-state index < -0.39 is 32.7 Å². The van der Waals surface area contributed by atoms with Crippen LogP contribution in [0.2, 0.25) is 0 Å². The zero-order valence-electron chi connectivity index (χ0n) is 25.4. The van der Waals surface area contributed by atoms with Crippen molar-refractivity contribution < 1.29 is 26.4 Å². The number of halogens is 3. The van der Waals surface area contributed by atoms with E-state index in [9.17, 15) is 26.4 Å². The van der Waals surface area contributed by atoms with E-state index in [2.05, 4.69) is 33.6 Å². The third kappa shape index (κ3) is 9.17. The molecule has 0 bridgehead atoms. The molecule has 3 aromatic rings.